The summed E-state index contributed by atoms with van der Waals surface area (Å²) < 4.78 is 15.6. The second-order valence-corrected chi connectivity index (χ2v) is 6.70. The van der Waals surface area contributed by atoms with Crippen molar-refractivity contribution in [1.29, 1.82) is 0 Å². The van der Waals surface area contributed by atoms with E-state index in [1.54, 1.807) is 30.3 Å². The monoisotopic (exact) mass is 445 g/mol. The number of benzene rings is 2. The fraction of sp³-hybridized carbons (Fsp3) is 0.190. The maximum absolute atomic E-state index is 12.0. The molecule has 0 fully saturated rings. The van der Waals surface area contributed by atoms with E-state index in [2.05, 4.69) is 15.3 Å². The quantitative estimate of drug-likeness (QED) is 0.361. The van der Waals surface area contributed by atoms with Gasteiger partial charge in [-0.15, -0.1) is 0 Å². The van der Waals surface area contributed by atoms with E-state index in [9.17, 15) is 14.4 Å². The number of rotatable bonds is 8. The smallest absolute Gasteiger partial charge is 0.331 e. The minimum absolute atomic E-state index is 0.335. The standard InChI is InChI=1S/C21H20ClN3O6/c1-3-30-17-9-12(8-14(22)20(17)29-2)4-7-19(27)31-11-18(26)23-13-5-6-15-16(10-13)25-21(28)24-15/h4-10H,3,11H2,1-2H3,(H,23,26)(H2,24,25,28)/b7-4+. The van der Waals surface area contributed by atoms with E-state index < -0.39 is 18.5 Å². The van der Waals surface area contributed by atoms with E-state index >= 15 is 0 Å². The third-order valence-corrected chi connectivity index (χ3v) is 4.37. The summed E-state index contributed by atoms with van der Waals surface area (Å²) in [7, 11) is 1.48. The topological polar surface area (TPSA) is 123 Å². The number of aromatic nitrogens is 2. The number of carbonyl (C=O) groups excluding carboxylic acids is 2. The number of H-pyrrole nitrogens is 2. The molecule has 3 N–H and O–H groups in total. The second kappa shape index (κ2) is 9.86. The molecule has 162 valence electrons. The second-order valence-electron chi connectivity index (χ2n) is 6.30. The average molecular weight is 446 g/mol. The molecule has 0 unspecified atom stereocenters. The summed E-state index contributed by atoms with van der Waals surface area (Å²) in [6.07, 6.45) is 2.67. The van der Waals surface area contributed by atoms with E-state index in [-0.39, 0.29) is 5.69 Å². The molecule has 10 heteroatoms. The molecule has 31 heavy (non-hydrogen) atoms. The fourth-order valence-electron chi connectivity index (χ4n) is 2.80. The van der Waals surface area contributed by atoms with Crippen LogP contribution in [0.15, 0.2) is 41.2 Å². The van der Waals surface area contributed by atoms with Crippen LogP contribution in [0, 0.1) is 0 Å². The third-order valence-electron chi connectivity index (χ3n) is 4.09. The number of hydrogen-bond acceptors (Lipinski definition) is 6. The fourth-order valence-corrected chi connectivity index (χ4v) is 3.10. The van der Waals surface area contributed by atoms with Crippen LogP contribution >= 0.6 is 11.6 Å². The molecule has 1 heterocycles. The molecule has 0 atom stereocenters. The summed E-state index contributed by atoms with van der Waals surface area (Å²) >= 11 is 6.17. The number of imidazole rings is 1. The largest absolute Gasteiger partial charge is 0.491 e. The van der Waals surface area contributed by atoms with Crippen molar-refractivity contribution in [1.82, 2.24) is 9.97 Å². The molecule has 3 aromatic rings. The van der Waals surface area contributed by atoms with E-state index in [1.807, 2.05) is 6.92 Å². The van der Waals surface area contributed by atoms with E-state index in [4.69, 9.17) is 25.8 Å². The number of fused-ring (bicyclic) bond motifs is 1. The van der Waals surface area contributed by atoms with Crippen molar-refractivity contribution in [3.63, 3.8) is 0 Å². The summed E-state index contributed by atoms with van der Waals surface area (Å²) in [5.74, 6) is -0.372. The molecule has 2 aromatic carbocycles. The normalized spacial score (nSPS) is 10.9. The number of halogens is 1. The predicted octanol–water partition coefficient (Wildman–Crippen LogP) is 3.11. The summed E-state index contributed by atoms with van der Waals surface area (Å²) in [6, 6.07) is 8.15. The molecule has 0 saturated carbocycles. The van der Waals surface area contributed by atoms with Gasteiger partial charge < -0.3 is 29.5 Å². The van der Waals surface area contributed by atoms with Crippen LogP contribution in [0.1, 0.15) is 12.5 Å². The first-order chi connectivity index (χ1) is 14.9. The van der Waals surface area contributed by atoms with Crippen molar-refractivity contribution < 1.29 is 23.8 Å². The number of carbonyl (C=O) groups is 2. The zero-order valence-corrected chi connectivity index (χ0v) is 17.5. The first-order valence-corrected chi connectivity index (χ1v) is 9.64. The zero-order valence-electron chi connectivity index (χ0n) is 16.8. The summed E-state index contributed by atoms with van der Waals surface area (Å²) in [4.78, 5) is 40.5. The van der Waals surface area contributed by atoms with Crippen LogP contribution in [0.2, 0.25) is 5.02 Å². The maximum Gasteiger partial charge on any atom is 0.331 e. The number of aromatic amines is 2. The van der Waals surface area contributed by atoms with Crippen LogP contribution < -0.4 is 20.5 Å². The number of amides is 1. The van der Waals surface area contributed by atoms with Crippen molar-refractivity contribution in [2.24, 2.45) is 0 Å². The van der Waals surface area contributed by atoms with Gasteiger partial charge in [-0.2, -0.15) is 0 Å². The Hall–Kier alpha value is -3.72. The van der Waals surface area contributed by atoms with Crippen LogP contribution in [0.3, 0.4) is 0 Å². The molecular formula is C21H20ClN3O6. The van der Waals surface area contributed by atoms with E-state index in [0.717, 1.165) is 0 Å². The number of methoxy groups -OCH3 is 1. The first-order valence-electron chi connectivity index (χ1n) is 9.26. The van der Waals surface area contributed by atoms with Gasteiger partial charge in [0.25, 0.3) is 5.91 Å². The number of hydrogen-bond donors (Lipinski definition) is 3. The lowest BCUT2D eigenvalue weighted by atomic mass is 10.2. The zero-order chi connectivity index (χ0) is 22.4. The molecule has 0 saturated heterocycles. The average Bonchev–Trinajstić information content (AvgIpc) is 3.10. The minimum Gasteiger partial charge on any atom is -0.491 e. The van der Waals surface area contributed by atoms with Crippen LogP contribution in [0.4, 0.5) is 5.69 Å². The summed E-state index contributed by atoms with van der Waals surface area (Å²) in [5.41, 5.74) is 1.88. The number of esters is 1. The lowest BCUT2D eigenvalue weighted by Crippen LogP contribution is -2.20. The number of ether oxygens (including phenoxy) is 3. The van der Waals surface area contributed by atoms with Crippen LogP contribution in [-0.4, -0.2) is 42.2 Å². The Kier molecular flexibility index (Phi) is 6.99. The Morgan fingerprint density at radius 2 is 1.94 bits per heavy atom. The van der Waals surface area contributed by atoms with Gasteiger partial charge in [-0.3, -0.25) is 4.79 Å². The molecular weight excluding hydrogens is 426 g/mol. The molecule has 0 radical (unpaired) electrons. The van der Waals surface area contributed by atoms with Gasteiger partial charge in [0.1, 0.15) is 0 Å². The Morgan fingerprint density at radius 1 is 1.16 bits per heavy atom. The van der Waals surface area contributed by atoms with Crippen molar-refractivity contribution in [2.45, 2.75) is 6.92 Å². The van der Waals surface area contributed by atoms with Gasteiger partial charge in [-0.25, -0.2) is 9.59 Å². The van der Waals surface area contributed by atoms with Gasteiger partial charge in [0.05, 0.1) is 29.8 Å². The van der Waals surface area contributed by atoms with Crippen molar-refractivity contribution in [3.05, 3.63) is 57.5 Å². The Balaban J connectivity index is 1.57. The molecule has 0 aliphatic rings. The predicted molar refractivity (Wildman–Crippen MR) is 117 cm³/mol. The third kappa shape index (κ3) is 5.67. The summed E-state index contributed by atoms with van der Waals surface area (Å²) in [6.45, 7) is 1.77. The van der Waals surface area contributed by atoms with Gasteiger partial charge in [-0.05, 0) is 48.9 Å². The lowest BCUT2D eigenvalue weighted by Gasteiger charge is -2.11. The Labute approximate surface area is 182 Å². The van der Waals surface area contributed by atoms with Gasteiger partial charge in [0.2, 0.25) is 0 Å². The number of nitrogens with one attached hydrogen (secondary N) is 3. The Bertz CT molecular complexity index is 1200. The van der Waals surface area contributed by atoms with Crippen LogP contribution in [0.25, 0.3) is 17.1 Å². The highest BCUT2D eigenvalue weighted by molar-refractivity contribution is 6.32. The highest BCUT2D eigenvalue weighted by Gasteiger charge is 2.11. The van der Waals surface area contributed by atoms with Crippen LogP contribution in [0.5, 0.6) is 11.5 Å². The van der Waals surface area contributed by atoms with Crippen molar-refractivity contribution in [3.8, 4) is 11.5 Å². The van der Waals surface area contributed by atoms with Crippen molar-refractivity contribution >= 4 is 46.3 Å². The van der Waals surface area contributed by atoms with Gasteiger partial charge in [0, 0.05) is 11.8 Å². The van der Waals surface area contributed by atoms with Gasteiger partial charge in [0.15, 0.2) is 18.1 Å². The molecule has 1 aromatic heterocycles. The van der Waals surface area contributed by atoms with Crippen molar-refractivity contribution in [2.75, 3.05) is 25.6 Å². The molecule has 3 rings (SSSR count). The molecule has 0 aliphatic heterocycles. The highest BCUT2D eigenvalue weighted by atomic mass is 35.5. The van der Waals surface area contributed by atoms with E-state index in [0.29, 0.717) is 45.4 Å². The molecule has 0 bridgehead atoms. The van der Waals surface area contributed by atoms with Gasteiger partial charge >= 0.3 is 11.7 Å². The molecule has 0 aliphatic carbocycles. The highest BCUT2D eigenvalue weighted by Crippen LogP contribution is 2.36. The number of anilines is 1. The van der Waals surface area contributed by atoms with E-state index in [1.165, 1.54) is 19.3 Å². The molecule has 0 spiro atoms. The summed E-state index contributed by atoms with van der Waals surface area (Å²) in [5, 5.41) is 2.92. The Morgan fingerprint density at radius 3 is 2.68 bits per heavy atom. The van der Waals surface area contributed by atoms with Crippen LogP contribution in [-0.2, 0) is 14.3 Å². The first kappa shape index (κ1) is 22.0. The molecule has 9 nitrogen and oxygen atoms in total. The minimum atomic E-state index is -0.703. The SMILES string of the molecule is CCOc1cc(/C=C/C(=O)OCC(=O)Nc2ccc3[nH]c(=O)[nH]c3c2)cc(Cl)c1OC. The molecule has 1 amide bonds. The maximum atomic E-state index is 12.0. The lowest BCUT2D eigenvalue weighted by molar-refractivity contribution is -0.142. The van der Waals surface area contributed by atoms with Gasteiger partial charge in [-0.1, -0.05) is 11.6 Å².